The van der Waals surface area contributed by atoms with Gasteiger partial charge in [0.1, 0.15) is 0 Å². The van der Waals surface area contributed by atoms with Crippen LogP contribution in [0.2, 0.25) is 0 Å². The van der Waals surface area contributed by atoms with Crippen LogP contribution in [0.25, 0.3) is 5.69 Å². The van der Waals surface area contributed by atoms with Crippen LogP contribution in [0.1, 0.15) is 5.56 Å². The van der Waals surface area contributed by atoms with Crippen molar-refractivity contribution in [3.63, 3.8) is 0 Å². The van der Waals surface area contributed by atoms with E-state index in [1.54, 1.807) is 35.4 Å². The lowest BCUT2D eigenvalue weighted by Gasteiger charge is -2.03. The first kappa shape index (κ1) is 14.8. The zero-order chi connectivity index (χ0) is 15.2. The number of thioether (sulfide) groups is 1. The van der Waals surface area contributed by atoms with E-state index in [1.807, 2.05) is 16.9 Å². The van der Waals surface area contributed by atoms with Gasteiger partial charge < -0.3 is 5.32 Å². The van der Waals surface area contributed by atoms with Crippen molar-refractivity contribution in [2.75, 3.05) is 11.9 Å². The Labute approximate surface area is 137 Å². The summed E-state index contributed by atoms with van der Waals surface area (Å²) < 4.78 is 2.81. The normalized spacial score (nSPS) is 10.5. The predicted octanol–water partition coefficient (Wildman–Crippen LogP) is 3.61. The molecule has 0 fully saturated rings. The molecule has 0 amide bonds. The molecule has 2 heterocycles. The van der Waals surface area contributed by atoms with Crippen LogP contribution in [0.4, 0.5) is 5.13 Å². The molecular formula is C15H15N5S2. The zero-order valence-corrected chi connectivity index (χ0v) is 13.5. The van der Waals surface area contributed by atoms with E-state index >= 15 is 0 Å². The highest BCUT2D eigenvalue weighted by atomic mass is 32.2. The van der Waals surface area contributed by atoms with Gasteiger partial charge in [-0.2, -0.15) is 5.10 Å². The molecule has 112 valence electrons. The fourth-order valence-electron chi connectivity index (χ4n) is 1.81. The van der Waals surface area contributed by atoms with Gasteiger partial charge in [0.05, 0.1) is 5.69 Å². The van der Waals surface area contributed by atoms with E-state index in [2.05, 4.69) is 51.5 Å². The molecule has 0 saturated heterocycles. The monoisotopic (exact) mass is 329 g/mol. The fraction of sp³-hybridized carbons (Fsp3) is 0.133. The smallest absolute Gasteiger partial charge is 0.206 e. The van der Waals surface area contributed by atoms with Gasteiger partial charge in [-0.1, -0.05) is 41.3 Å². The van der Waals surface area contributed by atoms with Crippen molar-refractivity contribution in [1.82, 2.24) is 20.0 Å². The molecule has 3 rings (SSSR count). The average Bonchev–Trinajstić information content (AvgIpc) is 3.23. The number of rotatable bonds is 7. The minimum absolute atomic E-state index is 0.703. The molecule has 1 N–H and O–H groups in total. The summed E-state index contributed by atoms with van der Waals surface area (Å²) in [5.41, 5.74) is 2.31. The van der Waals surface area contributed by atoms with Crippen LogP contribution in [0, 0.1) is 0 Å². The van der Waals surface area contributed by atoms with Crippen molar-refractivity contribution < 1.29 is 0 Å². The summed E-state index contributed by atoms with van der Waals surface area (Å²) in [5.74, 6) is 0.871. The molecule has 0 saturated carbocycles. The van der Waals surface area contributed by atoms with Gasteiger partial charge in [0.2, 0.25) is 5.13 Å². The summed E-state index contributed by atoms with van der Waals surface area (Å²) >= 11 is 3.25. The maximum absolute atomic E-state index is 4.22. The molecule has 0 radical (unpaired) electrons. The van der Waals surface area contributed by atoms with E-state index in [9.17, 15) is 0 Å². The summed E-state index contributed by atoms with van der Waals surface area (Å²) in [6, 6.07) is 10.3. The van der Waals surface area contributed by atoms with Crippen LogP contribution in [0.3, 0.4) is 0 Å². The average molecular weight is 329 g/mol. The van der Waals surface area contributed by atoms with E-state index in [-0.39, 0.29) is 0 Å². The quantitative estimate of drug-likeness (QED) is 0.530. The minimum atomic E-state index is 0.703. The zero-order valence-electron chi connectivity index (χ0n) is 11.8. The van der Waals surface area contributed by atoms with Gasteiger partial charge in [0.25, 0.3) is 0 Å². The van der Waals surface area contributed by atoms with Crippen LogP contribution >= 0.6 is 23.1 Å². The van der Waals surface area contributed by atoms with Crippen LogP contribution < -0.4 is 5.32 Å². The molecule has 7 heteroatoms. The lowest BCUT2D eigenvalue weighted by atomic mass is 10.2. The second-order valence-electron chi connectivity index (χ2n) is 4.45. The van der Waals surface area contributed by atoms with Gasteiger partial charge >= 0.3 is 0 Å². The third-order valence-electron chi connectivity index (χ3n) is 2.87. The van der Waals surface area contributed by atoms with Gasteiger partial charge in [-0.25, -0.2) is 4.68 Å². The molecule has 5 nitrogen and oxygen atoms in total. The summed E-state index contributed by atoms with van der Waals surface area (Å²) in [7, 11) is 0. The third-order valence-corrected chi connectivity index (χ3v) is 4.96. The molecule has 0 aliphatic heterocycles. The Morgan fingerprint density at radius 2 is 2.14 bits per heavy atom. The van der Waals surface area contributed by atoms with E-state index in [4.69, 9.17) is 0 Å². The predicted molar refractivity (Wildman–Crippen MR) is 91.7 cm³/mol. The van der Waals surface area contributed by atoms with E-state index in [1.165, 1.54) is 5.56 Å². The molecule has 22 heavy (non-hydrogen) atoms. The molecule has 3 aromatic rings. The number of nitrogens with zero attached hydrogens (tertiary/aromatic N) is 4. The molecule has 0 atom stereocenters. The Morgan fingerprint density at radius 1 is 1.27 bits per heavy atom. The number of hydrogen-bond acceptors (Lipinski definition) is 6. The number of nitrogens with one attached hydrogen (secondary N) is 1. The molecule has 0 spiro atoms. The topological polar surface area (TPSA) is 55.6 Å². The molecular weight excluding hydrogens is 314 g/mol. The first-order valence-electron chi connectivity index (χ1n) is 6.75. The van der Waals surface area contributed by atoms with Gasteiger partial charge in [0, 0.05) is 24.7 Å². The van der Waals surface area contributed by atoms with Crippen LogP contribution in [-0.4, -0.2) is 26.5 Å². The van der Waals surface area contributed by atoms with E-state index in [0.717, 1.165) is 20.9 Å². The van der Waals surface area contributed by atoms with Gasteiger partial charge in [0.15, 0.2) is 4.34 Å². The fourth-order valence-corrected chi connectivity index (χ4v) is 3.53. The first-order chi connectivity index (χ1) is 10.8. The molecule has 0 aliphatic carbocycles. The van der Waals surface area contributed by atoms with Crippen LogP contribution in [0.15, 0.2) is 59.7 Å². The van der Waals surface area contributed by atoms with Crippen molar-refractivity contribution in [2.45, 2.75) is 10.1 Å². The second kappa shape index (κ2) is 7.24. The maximum atomic E-state index is 4.22. The van der Waals surface area contributed by atoms with Gasteiger partial charge in [-0.15, -0.1) is 16.8 Å². The second-order valence-corrected chi connectivity index (χ2v) is 6.65. The van der Waals surface area contributed by atoms with Crippen molar-refractivity contribution in [2.24, 2.45) is 0 Å². The third kappa shape index (κ3) is 3.75. The van der Waals surface area contributed by atoms with Crippen LogP contribution in [0.5, 0.6) is 0 Å². The number of benzene rings is 1. The Balaban J connectivity index is 1.57. The molecule has 0 bridgehead atoms. The number of aromatic nitrogens is 4. The Kier molecular flexibility index (Phi) is 4.87. The maximum Gasteiger partial charge on any atom is 0.206 e. The number of anilines is 1. The Morgan fingerprint density at radius 3 is 2.86 bits per heavy atom. The van der Waals surface area contributed by atoms with Crippen molar-refractivity contribution in [3.05, 3.63) is 60.9 Å². The summed E-state index contributed by atoms with van der Waals surface area (Å²) in [5, 5.41) is 16.4. The molecule has 0 aliphatic rings. The number of hydrogen-bond donors (Lipinski definition) is 1. The Hall–Kier alpha value is -2.12. The largest absolute Gasteiger partial charge is 0.357 e. The minimum Gasteiger partial charge on any atom is -0.357 e. The lowest BCUT2D eigenvalue weighted by molar-refractivity contribution is 0.880. The summed E-state index contributed by atoms with van der Waals surface area (Å²) in [4.78, 5) is 0. The van der Waals surface area contributed by atoms with E-state index in [0.29, 0.717) is 6.54 Å². The first-order valence-corrected chi connectivity index (χ1v) is 8.55. The summed E-state index contributed by atoms with van der Waals surface area (Å²) in [6.07, 6.45) is 5.51. The van der Waals surface area contributed by atoms with Crippen molar-refractivity contribution in [3.8, 4) is 5.69 Å². The Bertz CT molecular complexity index is 719. The standard InChI is InChI=1S/C15H15N5S2/c1-2-8-16-14-18-19-15(22-14)21-11-12-4-6-13(7-5-12)20-10-3-9-17-20/h2-7,9-10H,1,8,11H2,(H,16,18). The van der Waals surface area contributed by atoms with Crippen molar-refractivity contribution >= 4 is 28.2 Å². The highest BCUT2D eigenvalue weighted by molar-refractivity contribution is 8.00. The van der Waals surface area contributed by atoms with Crippen molar-refractivity contribution in [1.29, 1.82) is 0 Å². The van der Waals surface area contributed by atoms with E-state index < -0.39 is 0 Å². The molecule has 1 aromatic carbocycles. The highest BCUT2D eigenvalue weighted by Crippen LogP contribution is 2.28. The van der Waals surface area contributed by atoms with Gasteiger partial charge in [-0.05, 0) is 23.8 Å². The lowest BCUT2D eigenvalue weighted by Crippen LogP contribution is -1.96. The molecule has 2 aromatic heterocycles. The summed E-state index contributed by atoms with van der Waals surface area (Å²) in [6.45, 7) is 4.37. The highest BCUT2D eigenvalue weighted by Gasteiger charge is 2.05. The van der Waals surface area contributed by atoms with Crippen LogP contribution in [-0.2, 0) is 5.75 Å². The SMILES string of the molecule is C=CCNc1nnc(SCc2ccc(-n3cccn3)cc2)s1. The van der Waals surface area contributed by atoms with Gasteiger partial charge in [-0.3, -0.25) is 0 Å². The molecule has 0 unspecified atom stereocenters.